The first-order valence-corrected chi connectivity index (χ1v) is 8.41. The molecule has 1 aliphatic rings. The first-order valence-electron chi connectivity index (χ1n) is 6.87. The molecule has 1 aromatic rings. The lowest BCUT2D eigenvalue weighted by Gasteiger charge is -2.16. The molecule has 4 nitrogen and oxygen atoms in total. The van der Waals surface area contributed by atoms with Crippen molar-refractivity contribution in [2.45, 2.75) is 51.6 Å². The van der Waals surface area contributed by atoms with Crippen molar-refractivity contribution >= 4 is 10.0 Å². The summed E-state index contributed by atoms with van der Waals surface area (Å²) < 4.78 is 22.8. The number of rotatable bonds is 4. The SMILES string of the molecule is CC(NC1C(C)(C)C1(C)C)c1cccc(S(N)(=O)=O)c1. The highest BCUT2D eigenvalue weighted by Gasteiger charge is 2.64. The molecule has 2 rings (SSSR count). The molecule has 3 N–H and O–H groups in total. The van der Waals surface area contributed by atoms with Gasteiger partial charge in [0.2, 0.25) is 10.0 Å². The predicted octanol–water partition coefficient (Wildman–Crippen LogP) is 2.42. The van der Waals surface area contributed by atoms with Gasteiger partial charge >= 0.3 is 0 Å². The molecule has 1 unspecified atom stereocenters. The highest BCUT2D eigenvalue weighted by molar-refractivity contribution is 7.89. The van der Waals surface area contributed by atoms with Gasteiger partial charge in [-0.2, -0.15) is 0 Å². The van der Waals surface area contributed by atoms with Gasteiger partial charge in [0.25, 0.3) is 0 Å². The summed E-state index contributed by atoms with van der Waals surface area (Å²) in [6.07, 6.45) is 0. The normalized spacial score (nSPS) is 22.5. The second kappa shape index (κ2) is 4.55. The minimum absolute atomic E-state index is 0.0859. The molecular weight excluding hydrogens is 272 g/mol. The van der Waals surface area contributed by atoms with Gasteiger partial charge in [-0.3, -0.25) is 0 Å². The van der Waals surface area contributed by atoms with Crippen molar-refractivity contribution in [3.63, 3.8) is 0 Å². The minimum Gasteiger partial charge on any atom is -0.306 e. The van der Waals surface area contributed by atoms with Gasteiger partial charge in [-0.25, -0.2) is 13.6 Å². The maximum absolute atomic E-state index is 11.4. The van der Waals surface area contributed by atoms with E-state index in [9.17, 15) is 8.42 Å². The molecule has 5 heteroatoms. The Morgan fingerprint density at radius 1 is 1.20 bits per heavy atom. The van der Waals surface area contributed by atoms with Crippen LogP contribution in [0.4, 0.5) is 0 Å². The van der Waals surface area contributed by atoms with Crippen LogP contribution in [0, 0.1) is 10.8 Å². The molecule has 0 spiro atoms. The number of hydrogen-bond acceptors (Lipinski definition) is 3. The average molecular weight is 296 g/mol. The zero-order valence-corrected chi connectivity index (χ0v) is 13.6. The second-order valence-corrected chi connectivity index (χ2v) is 8.44. The van der Waals surface area contributed by atoms with Crippen LogP contribution in [0.1, 0.15) is 46.2 Å². The number of sulfonamides is 1. The van der Waals surface area contributed by atoms with E-state index in [-0.39, 0.29) is 21.8 Å². The first-order chi connectivity index (χ1) is 8.98. The summed E-state index contributed by atoms with van der Waals surface area (Å²) in [7, 11) is -3.65. The molecule has 0 aliphatic heterocycles. The van der Waals surface area contributed by atoms with Crippen LogP contribution in [0.5, 0.6) is 0 Å². The van der Waals surface area contributed by atoms with Crippen molar-refractivity contribution in [2.75, 3.05) is 0 Å². The summed E-state index contributed by atoms with van der Waals surface area (Å²) in [5.74, 6) is 0. The van der Waals surface area contributed by atoms with Gasteiger partial charge in [-0.05, 0) is 35.4 Å². The van der Waals surface area contributed by atoms with Crippen molar-refractivity contribution < 1.29 is 8.42 Å². The molecule has 112 valence electrons. The summed E-state index contributed by atoms with van der Waals surface area (Å²) in [5.41, 5.74) is 1.44. The fourth-order valence-corrected chi connectivity index (χ4v) is 3.49. The van der Waals surface area contributed by atoms with E-state index in [0.29, 0.717) is 6.04 Å². The Morgan fingerprint density at radius 2 is 1.75 bits per heavy atom. The fourth-order valence-electron chi connectivity index (χ4n) is 2.92. The highest BCUT2D eigenvalue weighted by Crippen LogP contribution is 2.63. The van der Waals surface area contributed by atoms with E-state index < -0.39 is 10.0 Å². The lowest BCUT2D eigenvalue weighted by molar-refractivity contribution is 0.457. The molecular formula is C15H24N2O2S. The fraction of sp³-hybridized carbons (Fsp3) is 0.600. The van der Waals surface area contributed by atoms with E-state index in [4.69, 9.17) is 5.14 Å². The lowest BCUT2D eigenvalue weighted by atomic mass is 10.0. The molecule has 0 saturated heterocycles. The Hall–Kier alpha value is -0.910. The smallest absolute Gasteiger partial charge is 0.238 e. The van der Waals surface area contributed by atoms with E-state index in [1.807, 2.05) is 13.0 Å². The maximum atomic E-state index is 11.4. The Morgan fingerprint density at radius 3 is 2.20 bits per heavy atom. The molecule has 0 aromatic heterocycles. The number of hydrogen-bond donors (Lipinski definition) is 2. The van der Waals surface area contributed by atoms with Crippen molar-refractivity contribution in [2.24, 2.45) is 16.0 Å². The number of benzene rings is 1. The number of nitrogens with one attached hydrogen (secondary N) is 1. The summed E-state index contributed by atoms with van der Waals surface area (Å²) in [5, 5.41) is 8.77. The Kier molecular flexibility index (Phi) is 3.52. The Balaban J connectivity index is 2.18. The van der Waals surface area contributed by atoms with Crippen LogP contribution in [0.25, 0.3) is 0 Å². The van der Waals surface area contributed by atoms with Crippen LogP contribution in [-0.2, 0) is 10.0 Å². The summed E-state index contributed by atoms with van der Waals surface area (Å²) >= 11 is 0. The zero-order valence-electron chi connectivity index (χ0n) is 12.8. The maximum Gasteiger partial charge on any atom is 0.238 e. The van der Waals surface area contributed by atoms with Gasteiger partial charge in [0.05, 0.1) is 4.90 Å². The minimum atomic E-state index is -3.65. The van der Waals surface area contributed by atoms with Gasteiger partial charge < -0.3 is 5.32 Å². The summed E-state index contributed by atoms with van der Waals surface area (Å²) in [6.45, 7) is 11.0. The van der Waals surface area contributed by atoms with Crippen molar-refractivity contribution in [3.05, 3.63) is 29.8 Å². The van der Waals surface area contributed by atoms with Crippen LogP contribution in [0.2, 0.25) is 0 Å². The molecule has 0 amide bonds. The zero-order chi connectivity index (χ0) is 15.3. The quantitative estimate of drug-likeness (QED) is 0.896. The molecule has 1 aromatic carbocycles. The van der Waals surface area contributed by atoms with Crippen LogP contribution < -0.4 is 10.5 Å². The monoisotopic (exact) mass is 296 g/mol. The topological polar surface area (TPSA) is 72.2 Å². The van der Waals surface area contributed by atoms with E-state index in [2.05, 4.69) is 33.0 Å². The molecule has 1 atom stereocenters. The number of primary sulfonamides is 1. The van der Waals surface area contributed by atoms with Crippen LogP contribution in [-0.4, -0.2) is 14.5 Å². The third-order valence-corrected chi connectivity index (χ3v) is 6.04. The molecule has 1 saturated carbocycles. The van der Waals surface area contributed by atoms with Crippen molar-refractivity contribution in [1.82, 2.24) is 5.32 Å². The molecule has 0 radical (unpaired) electrons. The van der Waals surface area contributed by atoms with E-state index >= 15 is 0 Å². The van der Waals surface area contributed by atoms with Gasteiger partial charge in [0.1, 0.15) is 0 Å². The van der Waals surface area contributed by atoms with Crippen LogP contribution >= 0.6 is 0 Å². The molecule has 0 bridgehead atoms. The molecule has 0 heterocycles. The van der Waals surface area contributed by atoms with Crippen molar-refractivity contribution in [3.8, 4) is 0 Å². The van der Waals surface area contributed by atoms with Gasteiger partial charge in [0, 0.05) is 12.1 Å². The van der Waals surface area contributed by atoms with Crippen molar-refractivity contribution in [1.29, 1.82) is 0 Å². The molecule has 1 aliphatic carbocycles. The van der Waals surface area contributed by atoms with Crippen LogP contribution in [0.15, 0.2) is 29.2 Å². The van der Waals surface area contributed by atoms with E-state index in [1.165, 1.54) is 6.07 Å². The van der Waals surface area contributed by atoms with Gasteiger partial charge in [-0.15, -0.1) is 0 Å². The third-order valence-electron chi connectivity index (χ3n) is 5.12. The second-order valence-electron chi connectivity index (χ2n) is 6.88. The number of nitrogens with two attached hydrogens (primary N) is 1. The van der Waals surface area contributed by atoms with Gasteiger partial charge in [-0.1, -0.05) is 39.8 Å². The Bertz CT molecular complexity index is 607. The summed E-state index contributed by atoms with van der Waals surface area (Å²) in [4.78, 5) is 0.165. The van der Waals surface area contributed by atoms with Gasteiger partial charge in [0.15, 0.2) is 0 Å². The highest BCUT2D eigenvalue weighted by atomic mass is 32.2. The van der Waals surface area contributed by atoms with E-state index in [1.54, 1.807) is 12.1 Å². The van der Waals surface area contributed by atoms with E-state index in [0.717, 1.165) is 5.56 Å². The lowest BCUT2D eigenvalue weighted by Crippen LogP contribution is -2.26. The standard InChI is InChI=1S/C15H24N2O2S/c1-10(17-13-14(2,3)15(13,4)5)11-7-6-8-12(9-11)20(16,18)19/h6-10,13,17H,1-5H3,(H2,16,18,19). The largest absolute Gasteiger partial charge is 0.306 e. The molecule has 20 heavy (non-hydrogen) atoms. The predicted molar refractivity (Wildman–Crippen MR) is 80.7 cm³/mol. The van der Waals surface area contributed by atoms with Crippen LogP contribution in [0.3, 0.4) is 0 Å². The molecule has 1 fully saturated rings. The first kappa shape index (κ1) is 15.5. The Labute approximate surface area is 121 Å². The summed E-state index contributed by atoms with van der Waals surface area (Å²) in [6, 6.07) is 7.34. The third kappa shape index (κ3) is 2.50. The average Bonchev–Trinajstić information content (AvgIpc) is 2.71.